The van der Waals surface area contributed by atoms with Crippen LogP contribution in [0.5, 0.6) is 0 Å². The van der Waals surface area contributed by atoms with E-state index in [1.807, 2.05) is 0 Å². The lowest BCUT2D eigenvalue weighted by molar-refractivity contribution is 0.0697. The highest BCUT2D eigenvalue weighted by atomic mass is 32.2. The summed E-state index contributed by atoms with van der Waals surface area (Å²) in [6, 6.07) is 0. The first kappa shape index (κ1) is 11.8. The maximum atomic E-state index is 10.6. The SMILES string of the molecule is CCCSCc1ncc(C(=O)O)c(N)n1. The highest BCUT2D eigenvalue weighted by molar-refractivity contribution is 7.98. The minimum atomic E-state index is -1.10. The van der Waals surface area contributed by atoms with Crippen molar-refractivity contribution >= 4 is 23.5 Å². The number of aromatic nitrogens is 2. The van der Waals surface area contributed by atoms with Crippen LogP contribution in [0.15, 0.2) is 6.20 Å². The Kier molecular flexibility index (Phi) is 4.36. The minimum Gasteiger partial charge on any atom is -0.477 e. The number of thioether (sulfide) groups is 1. The fraction of sp³-hybridized carbons (Fsp3) is 0.444. The monoisotopic (exact) mass is 227 g/mol. The molecule has 0 aliphatic rings. The van der Waals surface area contributed by atoms with Gasteiger partial charge in [-0.2, -0.15) is 11.8 Å². The van der Waals surface area contributed by atoms with Crippen LogP contribution in [0.1, 0.15) is 29.5 Å². The standard InChI is InChI=1S/C9H13N3O2S/c1-2-3-15-5-7-11-4-6(9(13)14)8(10)12-7/h4H,2-3,5H2,1H3,(H,13,14)(H2,10,11,12). The Morgan fingerprint density at radius 1 is 1.67 bits per heavy atom. The van der Waals surface area contributed by atoms with Crippen LogP contribution in [0.25, 0.3) is 0 Å². The molecule has 0 aromatic carbocycles. The molecule has 82 valence electrons. The Morgan fingerprint density at radius 2 is 2.40 bits per heavy atom. The highest BCUT2D eigenvalue weighted by Crippen LogP contribution is 2.12. The Balaban J connectivity index is 2.69. The van der Waals surface area contributed by atoms with Crippen LogP contribution in [0.3, 0.4) is 0 Å². The molecule has 3 N–H and O–H groups in total. The maximum absolute atomic E-state index is 10.6. The summed E-state index contributed by atoms with van der Waals surface area (Å²) >= 11 is 1.70. The van der Waals surface area contributed by atoms with Gasteiger partial charge in [-0.15, -0.1) is 0 Å². The van der Waals surface area contributed by atoms with Crippen molar-refractivity contribution in [3.8, 4) is 0 Å². The molecule has 0 amide bonds. The summed E-state index contributed by atoms with van der Waals surface area (Å²) in [5.74, 6) is 1.21. The first-order chi connectivity index (χ1) is 7.15. The van der Waals surface area contributed by atoms with Crippen molar-refractivity contribution in [1.82, 2.24) is 9.97 Å². The smallest absolute Gasteiger partial charge is 0.341 e. The number of carboxylic acids is 1. The normalized spacial score (nSPS) is 10.2. The number of aromatic carboxylic acids is 1. The Hall–Kier alpha value is -1.30. The van der Waals surface area contributed by atoms with Crippen LogP contribution < -0.4 is 5.73 Å². The molecular weight excluding hydrogens is 214 g/mol. The Labute approximate surface area is 92.1 Å². The molecule has 6 heteroatoms. The molecular formula is C9H13N3O2S. The fourth-order valence-corrected chi connectivity index (χ4v) is 1.73. The molecule has 15 heavy (non-hydrogen) atoms. The summed E-state index contributed by atoms with van der Waals surface area (Å²) in [7, 11) is 0. The Morgan fingerprint density at radius 3 is 2.93 bits per heavy atom. The van der Waals surface area contributed by atoms with Crippen LogP contribution in [0, 0.1) is 0 Å². The predicted molar refractivity (Wildman–Crippen MR) is 59.9 cm³/mol. The number of rotatable bonds is 5. The third-order valence-corrected chi connectivity index (χ3v) is 2.84. The molecule has 0 saturated heterocycles. The van der Waals surface area contributed by atoms with Gasteiger partial charge < -0.3 is 10.8 Å². The van der Waals surface area contributed by atoms with E-state index in [4.69, 9.17) is 10.8 Å². The van der Waals surface area contributed by atoms with Gasteiger partial charge in [0.1, 0.15) is 17.2 Å². The molecule has 0 aliphatic heterocycles. The number of nitrogens with two attached hydrogens (primary N) is 1. The zero-order valence-electron chi connectivity index (χ0n) is 8.43. The first-order valence-corrected chi connectivity index (χ1v) is 5.73. The highest BCUT2D eigenvalue weighted by Gasteiger charge is 2.10. The van der Waals surface area contributed by atoms with E-state index in [9.17, 15) is 4.79 Å². The van der Waals surface area contributed by atoms with Crippen molar-refractivity contribution in [3.05, 3.63) is 17.6 Å². The average molecular weight is 227 g/mol. The van der Waals surface area contributed by atoms with Crippen LogP contribution in [-0.4, -0.2) is 26.8 Å². The van der Waals surface area contributed by atoms with Crippen LogP contribution in [0.4, 0.5) is 5.82 Å². The molecule has 1 aromatic heterocycles. The summed E-state index contributed by atoms with van der Waals surface area (Å²) in [4.78, 5) is 18.5. The summed E-state index contributed by atoms with van der Waals surface area (Å²) in [6.45, 7) is 2.09. The van der Waals surface area contributed by atoms with E-state index in [-0.39, 0.29) is 11.4 Å². The predicted octanol–water partition coefficient (Wildman–Crippen LogP) is 1.40. The van der Waals surface area contributed by atoms with Crippen molar-refractivity contribution < 1.29 is 9.90 Å². The van der Waals surface area contributed by atoms with Gasteiger partial charge in [-0.25, -0.2) is 14.8 Å². The summed E-state index contributed by atoms with van der Waals surface area (Å²) in [5, 5.41) is 8.71. The number of hydrogen-bond acceptors (Lipinski definition) is 5. The molecule has 1 rings (SSSR count). The first-order valence-electron chi connectivity index (χ1n) is 4.57. The number of carbonyl (C=O) groups is 1. The minimum absolute atomic E-state index is 0.0320. The van der Waals surface area contributed by atoms with Crippen LogP contribution >= 0.6 is 11.8 Å². The third-order valence-electron chi connectivity index (χ3n) is 1.68. The zero-order valence-corrected chi connectivity index (χ0v) is 9.25. The van der Waals surface area contributed by atoms with E-state index in [0.29, 0.717) is 11.6 Å². The number of nitrogen functional groups attached to an aromatic ring is 1. The molecule has 0 bridgehead atoms. The van der Waals surface area contributed by atoms with Gasteiger partial charge in [-0.05, 0) is 12.2 Å². The van der Waals surface area contributed by atoms with Gasteiger partial charge >= 0.3 is 5.97 Å². The second kappa shape index (κ2) is 5.55. The molecule has 0 spiro atoms. The fourth-order valence-electron chi connectivity index (χ4n) is 0.975. The van der Waals surface area contributed by atoms with Gasteiger partial charge in [0.25, 0.3) is 0 Å². The molecule has 0 unspecified atom stereocenters. The Bertz CT molecular complexity index is 357. The second-order valence-electron chi connectivity index (χ2n) is 2.94. The molecule has 0 saturated carbocycles. The quantitative estimate of drug-likeness (QED) is 0.739. The van der Waals surface area contributed by atoms with E-state index in [1.54, 1.807) is 11.8 Å². The van der Waals surface area contributed by atoms with E-state index in [2.05, 4.69) is 16.9 Å². The summed E-state index contributed by atoms with van der Waals surface area (Å²) < 4.78 is 0. The van der Waals surface area contributed by atoms with E-state index in [0.717, 1.165) is 12.2 Å². The lowest BCUT2D eigenvalue weighted by Gasteiger charge is -2.02. The average Bonchev–Trinajstić information content (AvgIpc) is 2.17. The molecule has 5 nitrogen and oxygen atoms in total. The largest absolute Gasteiger partial charge is 0.477 e. The summed E-state index contributed by atoms with van der Waals surface area (Å²) in [5.41, 5.74) is 5.44. The maximum Gasteiger partial charge on any atom is 0.341 e. The lowest BCUT2D eigenvalue weighted by Crippen LogP contribution is -2.07. The van der Waals surface area contributed by atoms with Crippen molar-refractivity contribution in [1.29, 1.82) is 0 Å². The van der Waals surface area contributed by atoms with E-state index < -0.39 is 5.97 Å². The van der Waals surface area contributed by atoms with Gasteiger partial charge in [-0.1, -0.05) is 6.92 Å². The van der Waals surface area contributed by atoms with Crippen LogP contribution in [0.2, 0.25) is 0 Å². The topological polar surface area (TPSA) is 89.1 Å². The number of anilines is 1. The number of nitrogens with zero attached hydrogens (tertiary/aromatic N) is 2. The van der Waals surface area contributed by atoms with E-state index >= 15 is 0 Å². The molecule has 0 radical (unpaired) electrons. The lowest BCUT2D eigenvalue weighted by atomic mass is 10.3. The molecule has 0 atom stereocenters. The van der Waals surface area contributed by atoms with Crippen molar-refractivity contribution in [2.75, 3.05) is 11.5 Å². The molecule has 1 heterocycles. The molecule has 1 aromatic rings. The number of hydrogen-bond donors (Lipinski definition) is 2. The van der Waals surface area contributed by atoms with Gasteiger partial charge in [0.15, 0.2) is 0 Å². The van der Waals surface area contributed by atoms with Crippen molar-refractivity contribution in [2.45, 2.75) is 19.1 Å². The van der Waals surface area contributed by atoms with E-state index in [1.165, 1.54) is 6.20 Å². The third kappa shape index (κ3) is 3.39. The van der Waals surface area contributed by atoms with Gasteiger partial charge in [0.2, 0.25) is 0 Å². The van der Waals surface area contributed by atoms with Gasteiger partial charge in [0.05, 0.1) is 5.75 Å². The number of carboxylic acid groups (broad SMARTS) is 1. The zero-order chi connectivity index (χ0) is 11.3. The summed E-state index contributed by atoms with van der Waals surface area (Å²) in [6.07, 6.45) is 2.35. The molecule has 0 fully saturated rings. The van der Waals surface area contributed by atoms with Gasteiger partial charge in [-0.3, -0.25) is 0 Å². The molecule has 0 aliphatic carbocycles. The van der Waals surface area contributed by atoms with Gasteiger partial charge in [0, 0.05) is 6.20 Å². The van der Waals surface area contributed by atoms with Crippen molar-refractivity contribution in [3.63, 3.8) is 0 Å². The second-order valence-corrected chi connectivity index (χ2v) is 4.05. The van der Waals surface area contributed by atoms with Crippen molar-refractivity contribution in [2.24, 2.45) is 0 Å². The van der Waals surface area contributed by atoms with Crippen LogP contribution in [-0.2, 0) is 5.75 Å².